The standard InChI is InChI=1S/C26H33N5O4/c1-15-10-22(25(33)30-20(16(2)13-27)11-17-6-5-9-28-24(17)32)31(14-15)26(34)21-12-18-19(29-21)7-4-8-23(18)35-3/h4,7-8,12,15-17,20,22,29H,5-6,9-11,14H2,1-3H3,(H,28,32)(H,30,33)/t15?,16?,17-,20-,22-/m0/s1. The van der Waals surface area contributed by atoms with Crippen LogP contribution in [-0.2, 0) is 9.59 Å². The molecule has 0 bridgehead atoms. The van der Waals surface area contributed by atoms with Gasteiger partial charge in [-0.05, 0) is 56.7 Å². The Balaban J connectivity index is 1.52. The minimum atomic E-state index is -0.639. The van der Waals surface area contributed by atoms with Crippen LogP contribution in [0.4, 0.5) is 0 Å². The van der Waals surface area contributed by atoms with E-state index < -0.39 is 18.0 Å². The highest BCUT2D eigenvalue weighted by molar-refractivity contribution is 6.01. The molecule has 3 N–H and O–H groups in total. The van der Waals surface area contributed by atoms with E-state index in [1.165, 1.54) is 0 Å². The fourth-order valence-corrected chi connectivity index (χ4v) is 5.22. The molecule has 9 nitrogen and oxygen atoms in total. The summed E-state index contributed by atoms with van der Waals surface area (Å²) in [6.07, 6.45) is 2.57. The SMILES string of the molecule is COc1cccc2[nH]c(C(=O)N3CC(C)C[C@H]3C(=O)N[C@@H](C[C@@H]3CCCNC3=O)C(C)C#N)cc12. The number of hydrogen-bond acceptors (Lipinski definition) is 5. The first-order valence-corrected chi connectivity index (χ1v) is 12.3. The second-order valence-electron chi connectivity index (χ2n) is 9.82. The first kappa shape index (κ1) is 24.6. The highest BCUT2D eigenvalue weighted by Gasteiger charge is 2.40. The average molecular weight is 480 g/mol. The number of H-pyrrole nitrogens is 1. The molecular formula is C26H33N5O4. The molecule has 2 fully saturated rings. The normalized spacial score (nSPS) is 23.9. The van der Waals surface area contributed by atoms with Crippen LogP contribution >= 0.6 is 0 Å². The van der Waals surface area contributed by atoms with Crippen LogP contribution in [0.15, 0.2) is 24.3 Å². The van der Waals surface area contributed by atoms with Gasteiger partial charge in [0.2, 0.25) is 11.8 Å². The highest BCUT2D eigenvalue weighted by atomic mass is 16.5. The van der Waals surface area contributed by atoms with Gasteiger partial charge in [-0.3, -0.25) is 14.4 Å². The smallest absolute Gasteiger partial charge is 0.270 e. The van der Waals surface area contributed by atoms with Gasteiger partial charge in [0.25, 0.3) is 5.91 Å². The van der Waals surface area contributed by atoms with Gasteiger partial charge in [0.15, 0.2) is 0 Å². The number of likely N-dealkylation sites (tertiary alicyclic amines) is 1. The lowest BCUT2D eigenvalue weighted by Gasteiger charge is -2.30. The first-order valence-electron chi connectivity index (χ1n) is 12.3. The number of aromatic amines is 1. The number of nitrogens with one attached hydrogen (secondary N) is 3. The van der Waals surface area contributed by atoms with Crippen molar-refractivity contribution in [3.63, 3.8) is 0 Å². The summed E-state index contributed by atoms with van der Waals surface area (Å²) < 4.78 is 5.41. The van der Waals surface area contributed by atoms with Crippen molar-refractivity contribution in [1.29, 1.82) is 5.26 Å². The number of hydrogen-bond donors (Lipinski definition) is 3. The number of benzene rings is 1. The van der Waals surface area contributed by atoms with E-state index in [1.807, 2.05) is 25.1 Å². The molecule has 0 aliphatic carbocycles. The maximum Gasteiger partial charge on any atom is 0.270 e. The lowest BCUT2D eigenvalue weighted by Crippen LogP contribution is -2.51. The summed E-state index contributed by atoms with van der Waals surface area (Å²) in [5, 5.41) is 16.2. The fraction of sp³-hybridized carbons (Fsp3) is 0.538. The van der Waals surface area contributed by atoms with Crippen LogP contribution in [0.1, 0.15) is 50.0 Å². The van der Waals surface area contributed by atoms with Crippen molar-refractivity contribution in [1.82, 2.24) is 20.5 Å². The maximum absolute atomic E-state index is 13.5. The van der Waals surface area contributed by atoms with E-state index in [0.717, 1.165) is 23.7 Å². The molecule has 2 aliphatic rings. The van der Waals surface area contributed by atoms with Crippen LogP contribution in [0, 0.1) is 29.1 Å². The van der Waals surface area contributed by atoms with Crippen LogP contribution in [0.5, 0.6) is 5.75 Å². The monoisotopic (exact) mass is 479 g/mol. The summed E-state index contributed by atoms with van der Waals surface area (Å²) in [5.74, 6) is -0.416. The maximum atomic E-state index is 13.5. The first-order chi connectivity index (χ1) is 16.8. The number of piperidine rings is 1. The van der Waals surface area contributed by atoms with Gasteiger partial charge in [-0.1, -0.05) is 13.0 Å². The van der Waals surface area contributed by atoms with E-state index in [0.29, 0.717) is 37.4 Å². The Morgan fingerprint density at radius 2 is 2.17 bits per heavy atom. The molecule has 4 rings (SSSR count). The third kappa shape index (κ3) is 5.11. The van der Waals surface area contributed by atoms with Crippen LogP contribution in [-0.4, -0.2) is 59.9 Å². The zero-order valence-electron chi connectivity index (χ0n) is 20.5. The minimum Gasteiger partial charge on any atom is -0.496 e. The number of fused-ring (bicyclic) bond motifs is 1. The Hall–Kier alpha value is -3.54. The molecule has 0 saturated carbocycles. The summed E-state index contributed by atoms with van der Waals surface area (Å²) in [6.45, 7) is 4.90. The van der Waals surface area contributed by atoms with Crippen LogP contribution < -0.4 is 15.4 Å². The largest absolute Gasteiger partial charge is 0.496 e. The summed E-state index contributed by atoms with van der Waals surface area (Å²) in [7, 11) is 1.58. The Morgan fingerprint density at radius 3 is 2.89 bits per heavy atom. The van der Waals surface area contributed by atoms with Gasteiger partial charge >= 0.3 is 0 Å². The van der Waals surface area contributed by atoms with Gasteiger partial charge in [0.05, 0.1) is 19.1 Å². The third-order valence-corrected chi connectivity index (χ3v) is 7.22. The van der Waals surface area contributed by atoms with Gasteiger partial charge in [-0.25, -0.2) is 0 Å². The average Bonchev–Trinajstić information content (AvgIpc) is 3.47. The van der Waals surface area contributed by atoms with E-state index in [4.69, 9.17) is 4.74 Å². The molecule has 5 atom stereocenters. The summed E-state index contributed by atoms with van der Waals surface area (Å²) in [6, 6.07) is 8.43. The Bertz CT molecular complexity index is 1150. The Kier molecular flexibility index (Phi) is 7.29. The second kappa shape index (κ2) is 10.4. The van der Waals surface area contributed by atoms with Crippen LogP contribution in [0.3, 0.4) is 0 Å². The molecule has 1 aromatic heterocycles. The van der Waals surface area contributed by atoms with Crippen molar-refractivity contribution in [2.24, 2.45) is 17.8 Å². The molecule has 3 heterocycles. The number of amides is 3. The molecular weight excluding hydrogens is 446 g/mol. The van der Waals surface area contributed by atoms with Crippen molar-refractivity contribution in [3.05, 3.63) is 30.0 Å². The lowest BCUT2D eigenvalue weighted by atomic mass is 9.87. The third-order valence-electron chi connectivity index (χ3n) is 7.22. The topological polar surface area (TPSA) is 127 Å². The summed E-state index contributed by atoms with van der Waals surface area (Å²) in [4.78, 5) is 43.9. The number of rotatable bonds is 7. The molecule has 35 heavy (non-hydrogen) atoms. The molecule has 186 valence electrons. The summed E-state index contributed by atoms with van der Waals surface area (Å²) in [5.41, 5.74) is 1.19. The van der Waals surface area contributed by atoms with E-state index >= 15 is 0 Å². The van der Waals surface area contributed by atoms with Gasteiger partial charge < -0.3 is 25.3 Å². The van der Waals surface area contributed by atoms with Gasteiger partial charge in [0, 0.05) is 36.0 Å². The minimum absolute atomic E-state index is 0.0267. The van der Waals surface area contributed by atoms with Gasteiger partial charge in [-0.15, -0.1) is 0 Å². The number of methoxy groups -OCH3 is 1. The molecule has 2 unspecified atom stereocenters. The van der Waals surface area contributed by atoms with E-state index in [2.05, 4.69) is 21.7 Å². The zero-order chi connectivity index (χ0) is 25.1. The van der Waals surface area contributed by atoms with Crippen LogP contribution in [0.2, 0.25) is 0 Å². The number of nitrogens with zero attached hydrogens (tertiary/aromatic N) is 2. The number of carbonyl (C=O) groups excluding carboxylic acids is 3. The zero-order valence-corrected chi connectivity index (χ0v) is 20.5. The molecule has 1 aromatic carbocycles. The predicted molar refractivity (Wildman–Crippen MR) is 131 cm³/mol. The Morgan fingerprint density at radius 1 is 1.37 bits per heavy atom. The number of ether oxygens (including phenoxy) is 1. The van der Waals surface area contributed by atoms with Crippen molar-refractivity contribution in [2.45, 2.75) is 51.6 Å². The van der Waals surface area contributed by atoms with Crippen molar-refractivity contribution in [3.8, 4) is 11.8 Å². The Labute approximate surface area is 205 Å². The fourth-order valence-electron chi connectivity index (χ4n) is 5.22. The number of carbonyl (C=O) groups is 3. The van der Waals surface area contributed by atoms with Crippen molar-refractivity contribution in [2.75, 3.05) is 20.2 Å². The quantitative estimate of drug-likeness (QED) is 0.563. The predicted octanol–water partition coefficient (Wildman–Crippen LogP) is 2.59. The van der Waals surface area contributed by atoms with E-state index in [1.54, 1.807) is 25.0 Å². The molecule has 2 aliphatic heterocycles. The lowest BCUT2D eigenvalue weighted by molar-refractivity contribution is -0.129. The van der Waals surface area contributed by atoms with E-state index in [9.17, 15) is 19.6 Å². The molecule has 0 radical (unpaired) electrons. The van der Waals surface area contributed by atoms with E-state index in [-0.39, 0.29) is 29.6 Å². The molecule has 3 amide bonds. The highest BCUT2D eigenvalue weighted by Crippen LogP contribution is 2.30. The number of aromatic nitrogens is 1. The second-order valence-corrected chi connectivity index (χ2v) is 9.82. The molecule has 2 aromatic rings. The molecule has 2 saturated heterocycles. The van der Waals surface area contributed by atoms with Crippen molar-refractivity contribution < 1.29 is 19.1 Å². The molecule has 0 spiro atoms. The van der Waals surface area contributed by atoms with Gasteiger partial charge in [-0.2, -0.15) is 5.26 Å². The number of nitriles is 1. The van der Waals surface area contributed by atoms with Gasteiger partial charge in [0.1, 0.15) is 17.5 Å². The molecule has 9 heteroatoms. The van der Waals surface area contributed by atoms with Crippen molar-refractivity contribution >= 4 is 28.6 Å². The van der Waals surface area contributed by atoms with Crippen LogP contribution in [0.25, 0.3) is 10.9 Å². The summed E-state index contributed by atoms with van der Waals surface area (Å²) >= 11 is 0.